The lowest BCUT2D eigenvalue weighted by Crippen LogP contribution is -2.11. The van der Waals surface area contributed by atoms with Crippen LogP contribution in [-0.4, -0.2) is 11.7 Å². The largest absolute Gasteiger partial charge is 0.396 e. The Morgan fingerprint density at radius 3 is 2.69 bits per heavy atom. The maximum atomic E-state index is 12.6. The maximum Gasteiger partial charge on any atom is 0.123 e. The number of rotatable bonds is 3. The molecule has 3 N–H and O–H groups in total. The molecule has 0 aliphatic rings. The van der Waals surface area contributed by atoms with E-state index in [0.29, 0.717) is 6.42 Å². The fraction of sp³-hybridized carbons (Fsp3) is 0.333. The van der Waals surface area contributed by atoms with Crippen LogP contribution in [0.2, 0.25) is 0 Å². The summed E-state index contributed by atoms with van der Waals surface area (Å²) in [6, 6.07) is 5.85. The fourth-order valence-electron chi connectivity index (χ4n) is 1.04. The zero-order valence-corrected chi connectivity index (χ0v) is 7.93. The van der Waals surface area contributed by atoms with Gasteiger partial charge < -0.3 is 10.8 Å². The lowest BCUT2D eigenvalue weighted by Gasteiger charge is -2.09. The topological polar surface area (TPSA) is 46.2 Å². The van der Waals surface area contributed by atoms with Crippen molar-refractivity contribution >= 4 is 12.4 Å². The molecule has 4 heteroatoms. The van der Waals surface area contributed by atoms with Crippen LogP contribution in [0, 0.1) is 5.82 Å². The molecule has 0 radical (unpaired) electrons. The standard InChI is InChI=1S/C9H12FNO.ClH/c10-8-3-1-2-7(6-8)9(11)4-5-12;/h1-3,6,9,12H,4-5,11H2;1H/t9-;/m0./s1. The SMILES string of the molecule is Cl.N[C@@H](CCO)c1cccc(F)c1. The fourth-order valence-corrected chi connectivity index (χ4v) is 1.04. The molecule has 0 aromatic heterocycles. The Morgan fingerprint density at radius 2 is 2.15 bits per heavy atom. The highest BCUT2D eigenvalue weighted by molar-refractivity contribution is 5.85. The molecule has 0 amide bonds. The number of nitrogens with two attached hydrogens (primary N) is 1. The average Bonchev–Trinajstić information content (AvgIpc) is 2.05. The highest BCUT2D eigenvalue weighted by Crippen LogP contribution is 2.13. The first-order valence-corrected chi connectivity index (χ1v) is 3.86. The van der Waals surface area contributed by atoms with E-state index in [0.717, 1.165) is 5.56 Å². The summed E-state index contributed by atoms with van der Waals surface area (Å²) in [5, 5.41) is 8.59. The van der Waals surface area contributed by atoms with Crippen LogP contribution < -0.4 is 5.73 Å². The Balaban J connectivity index is 0.00000144. The van der Waals surface area contributed by atoms with Gasteiger partial charge in [-0.15, -0.1) is 12.4 Å². The van der Waals surface area contributed by atoms with Gasteiger partial charge in [-0.25, -0.2) is 4.39 Å². The van der Waals surface area contributed by atoms with Crippen LogP contribution in [0.3, 0.4) is 0 Å². The van der Waals surface area contributed by atoms with E-state index in [1.54, 1.807) is 12.1 Å². The summed E-state index contributed by atoms with van der Waals surface area (Å²) >= 11 is 0. The van der Waals surface area contributed by atoms with Gasteiger partial charge in [-0.3, -0.25) is 0 Å². The number of benzene rings is 1. The van der Waals surface area contributed by atoms with Crippen LogP contribution in [0.25, 0.3) is 0 Å². The lowest BCUT2D eigenvalue weighted by atomic mass is 10.1. The summed E-state index contributed by atoms with van der Waals surface area (Å²) in [5.41, 5.74) is 6.37. The minimum atomic E-state index is -0.291. The molecule has 0 fully saturated rings. The molecule has 0 heterocycles. The summed E-state index contributed by atoms with van der Waals surface area (Å²) in [7, 11) is 0. The molecule has 0 aliphatic carbocycles. The molecule has 1 atom stereocenters. The van der Waals surface area contributed by atoms with E-state index in [-0.39, 0.29) is 30.9 Å². The second-order valence-electron chi connectivity index (χ2n) is 2.67. The predicted molar refractivity (Wildman–Crippen MR) is 52.3 cm³/mol. The normalized spacial score (nSPS) is 11.9. The van der Waals surface area contributed by atoms with Gasteiger partial charge in [-0.2, -0.15) is 0 Å². The molecule has 2 nitrogen and oxygen atoms in total. The first-order valence-electron chi connectivity index (χ1n) is 3.86. The second kappa shape index (κ2) is 5.91. The van der Waals surface area contributed by atoms with E-state index >= 15 is 0 Å². The number of halogens is 2. The summed E-state index contributed by atoms with van der Waals surface area (Å²) in [5.74, 6) is -0.291. The van der Waals surface area contributed by atoms with Crippen LogP contribution in [0.15, 0.2) is 24.3 Å². The lowest BCUT2D eigenvalue weighted by molar-refractivity contribution is 0.276. The van der Waals surface area contributed by atoms with Gasteiger partial charge in [0, 0.05) is 12.6 Å². The summed E-state index contributed by atoms with van der Waals surface area (Å²) in [6.07, 6.45) is 0.462. The van der Waals surface area contributed by atoms with E-state index in [1.807, 2.05) is 0 Å². The summed E-state index contributed by atoms with van der Waals surface area (Å²) in [6.45, 7) is 0.0255. The molecule has 1 aromatic rings. The van der Waals surface area contributed by atoms with Gasteiger partial charge in [0.05, 0.1) is 0 Å². The van der Waals surface area contributed by atoms with Crippen molar-refractivity contribution in [3.05, 3.63) is 35.6 Å². The minimum Gasteiger partial charge on any atom is -0.396 e. The zero-order valence-electron chi connectivity index (χ0n) is 7.11. The first kappa shape index (κ1) is 12.4. The number of hydrogen-bond donors (Lipinski definition) is 2. The number of hydrogen-bond acceptors (Lipinski definition) is 2. The molecule has 0 aliphatic heterocycles. The Morgan fingerprint density at radius 1 is 1.46 bits per heavy atom. The third kappa shape index (κ3) is 3.72. The summed E-state index contributed by atoms with van der Waals surface area (Å²) < 4.78 is 12.6. The Kier molecular flexibility index (Phi) is 5.62. The number of aliphatic hydroxyl groups is 1. The monoisotopic (exact) mass is 205 g/mol. The molecule has 1 aromatic carbocycles. The predicted octanol–water partition coefficient (Wildman–Crippen LogP) is 1.63. The molecule has 0 saturated carbocycles. The first-order chi connectivity index (χ1) is 5.74. The third-order valence-electron chi connectivity index (χ3n) is 1.72. The Labute approximate surface area is 83.0 Å². The van der Waals surface area contributed by atoms with Crippen molar-refractivity contribution in [1.82, 2.24) is 0 Å². The Hall–Kier alpha value is -0.640. The van der Waals surface area contributed by atoms with Crippen LogP contribution in [0.4, 0.5) is 4.39 Å². The highest BCUT2D eigenvalue weighted by atomic mass is 35.5. The van der Waals surface area contributed by atoms with Crippen molar-refractivity contribution in [2.45, 2.75) is 12.5 Å². The van der Waals surface area contributed by atoms with Crippen LogP contribution >= 0.6 is 12.4 Å². The van der Waals surface area contributed by atoms with Crippen molar-refractivity contribution < 1.29 is 9.50 Å². The third-order valence-corrected chi connectivity index (χ3v) is 1.72. The smallest absolute Gasteiger partial charge is 0.123 e. The van der Waals surface area contributed by atoms with Crippen molar-refractivity contribution in [3.8, 4) is 0 Å². The zero-order chi connectivity index (χ0) is 8.97. The van der Waals surface area contributed by atoms with E-state index in [9.17, 15) is 4.39 Å². The molecule has 0 spiro atoms. The summed E-state index contributed by atoms with van der Waals surface area (Å²) in [4.78, 5) is 0. The average molecular weight is 206 g/mol. The van der Waals surface area contributed by atoms with Gasteiger partial charge in [0.15, 0.2) is 0 Å². The highest BCUT2D eigenvalue weighted by Gasteiger charge is 2.04. The van der Waals surface area contributed by atoms with Crippen molar-refractivity contribution in [3.63, 3.8) is 0 Å². The van der Waals surface area contributed by atoms with Gasteiger partial charge >= 0.3 is 0 Å². The van der Waals surface area contributed by atoms with Gasteiger partial charge in [0.2, 0.25) is 0 Å². The van der Waals surface area contributed by atoms with Crippen molar-refractivity contribution in [2.75, 3.05) is 6.61 Å². The van der Waals surface area contributed by atoms with E-state index in [1.165, 1.54) is 12.1 Å². The second-order valence-corrected chi connectivity index (χ2v) is 2.67. The molecule has 0 unspecified atom stereocenters. The minimum absolute atomic E-state index is 0. The van der Waals surface area contributed by atoms with Crippen LogP contribution in [0.1, 0.15) is 18.0 Å². The molecule has 1 rings (SSSR count). The van der Waals surface area contributed by atoms with Crippen molar-refractivity contribution in [1.29, 1.82) is 0 Å². The molecule has 0 saturated heterocycles. The van der Waals surface area contributed by atoms with Crippen molar-refractivity contribution in [2.24, 2.45) is 5.73 Å². The van der Waals surface area contributed by atoms with Gasteiger partial charge in [0.1, 0.15) is 5.82 Å². The molecule has 13 heavy (non-hydrogen) atoms. The molecule has 0 bridgehead atoms. The van der Waals surface area contributed by atoms with Gasteiger partial charge in [-0.1, -0.05) is 12.1 Å². The Bertz CT molecular complexity index is 257. The maximum absolute atomic E-state index is 12.6. The van der Waals surface area contributed by atoms with Gasteiger partial charge in [0.25, 0.3) is 0 Å². The quantitative estimate of drug-likeness (QED) is 0.788. The van der Waals surface area contributed by atoms with Crippen LogP contribution in [0.5, 0.6) is 0 Å². The molecular weight excluding hydrogens is 193 g/mol. The molecular formula is C9H13ClFNO. The van der Waals surface area contributed by atoms with Crippen LogP contribution in [-0.2, 0) is 0 Å². The number of aliphatic hydroxyl groups excluding tert-OH is 1. The van der Waals surface area contributed by atoms with Gasteiger partial charge in [-0.05, 0) is 24.1 Å². The van der Waals surface area contributed by atoms with E-state index in [2.05, 4.69) is 0 Å². The molecule has 74 valence electrons. The van der Waals surface area contributed by atoms with E-state index < -0.39 is 0 Å². The van der Waals surface area contributed by atoms with E-state index in [4.69, 9.17) is 10.8 Å².